The van der Waals surface area contributed by atoms with Gasteiger partial charge >= 0.3 is 12.1 Å². The Morgan fingerprint density at radius 3 is 2.38 bits per heavy atom. The average molecular weight is 330 g/mol. The van der Waals surface area contributed by atoms with E-state index in [9.17, 15) is 19.5 Å². The van der Waals surface area contributed by atoms with E-state index in [4.69, 9.17) is 4.74 Å². The Morgan fingerprint density at radius 2 is 1.79 bits per heavy atom. The van der Waals surface area contributed by atoms with E-state index in [1.54, 1.807) is 30.3 Å². The third-order valence-electron chi connectivity index (χ3n) is 4.29. The van der Waals surface area contributed by atoms with Gasteiger partial charge in [0.15, 0.2) is 0 Å². The summed E-state index contributed by atoms with van der Waals surface area (Å²) in [5.41, 5.74) is 1.26. The molecule has 7 heteroatoms. The zero-order valence-corrected chi connectivity index (χ0v) is 13.0. The Labute approximate surface area is 138 Å². The van der Waals surface area contributed by atoms with Crippen LogP contribution in [0.5, 0.6) is 0 Å². The minimum Gasteiger partial charge on any atom is -0.481 e. The summed E-state index contributed by atoms with van der Waals surface area (Å²) in [6, 6.07) is 6.82. The van der Waals surface area contributed by atoms with Crippen LogP contribution in [0.1, 0.15) is 12.8 Å². The molecule has 1 aliphatic heterocycles. The highest BCUT2D eigenvalue weighted by atomic mass is 16.6. The molecule has 0 radical (unpaired) electrons. The molecule has 2 aliphatic rings. The van der Waals surface area contributed by atoms with Crippen molar-refractivity contribution in [1.82, 2.24) is 0 Å². The third kappa shape index (κ3) is 3.24. The van der Waals surface area contributed by atoms with Crippen molar-refractivity contribution < 1.29 is 24.2 Å². The molecule has 0 aromatic heterocycles. The number of rotatable bonds is 4. The zero-order chi connectivity index (χ0) is 17.1. The maximum atomic E-state index is 12.4. The number of cyclic esters (lactones) is 1. The second-order valence-corrected chi connectivity index (χ2v) is 5.80. The van der Waals surface area contributed by atoms with E-state index in [1.807, 2.05) is 6.08 Å². The molecular formula is C17H18N2O5. The smallest absolute Gasteiger partial charge is 0.414 e. The van der Waals surface area contributed by atoms with Gasteiger partial charge in [-0.1, -0.05) is 12.2 Å². The van der Waals surface area contributed by atoms with E-state index >= 15 is 0 Å². The van der Waals surface area contributed by atoms with Crippen LogP contribution in [0.2, 0.25) is 0 Å². The first-order valence-corrected chi connectivity index (χ1v) is 7.79. The van der Waals surface area contributed by atoms with Crippen molar-refractivity contribution in [2.45, 2.75) is 12.8 Å². The van der Waals surface area contributed by atoms with Gasteiger partial charge in [-0.15, -0.1) is 0 Å². The predicted octanol–water partition coefficient (Wildman–Crippen LogP) is 2.25. The molecule has 24 heavy (non-hydrogen) atoms. The normalized spacial score (nSPS) is 23.0. The molecule has 1 fully saturated rings. The fourth-order valence-corrected chi connectivity index (χ4v) is 2.96. The standard InChI is InChI=1S/C17H18N2O5/c20-15(13-3-1-2-4-14(13)16(21)22)18-11-5-7-12(8-6-11)19-9-10-24-17(19)23/h1-2,5-8,13-14H,3-4,9-10H2,(H,18,20)(H,21,22). The van der Waals surface area contributed by atoms with Gasteiger partial charge in [-0.2, -0.15) is 0 Å². The van der Waals surface area contributed by atoms with Crippen LogP contribution in [0.4, 0.5) is 16.2 Å². The second kappa shape index (κ2) is 6.74. The quantitative estimate of drug-likeness (QED) is 0.826. The summed E-state index contributed by atoms with van der Waals surface area (Å²) in [5, 5.41) is 12.0. The fourth-order valence-electron chi connectivity index (χ4n) is 2.96. The van der Waals surface area contributed by atoms with Gasteiger partial charge in [0, 0.05) is 11.4 Å². The molecule has 2 amide bonds. The van der Waals surface area contributed by atoms with Crippen molar-refractivity contribution in [1.29, 1.82) is 0 Å². The van der Waals surface area contributed by atoms with Crippen LogP contribution in [-0.4, -0.2) is 36.2 Å². The number of nitrogens with zero attached hydrogens (tertiary/aromatic N) is 1. The summed E-state index contributed by atoms with van der Waals surface area (Å²) >= 11 is 0. The van der Waals surface area contributed by atoms with Crippen LogP contribution >= 0.6 is 0 Å². The fraction of sp³-hybridized carbons (Fsp3) is 0.353. The van der Waals surface area contributed by atoms with E-state index in [-0.39, 0.29) is 12.0 Å². The summed E-state index contributed by atoms with van der Waals surface area (Å²) in [5.74, 6) is -2.54. The molecule has 2 unspecified atom stereocenters. The van der Waals surface area contributed by atoms with Gasteiger partial charge in [-0.3, -0.25) is 14.5 Å². The lowest BCUT2D eigenvalue weighted by Crippen LogP contribution is -2.34. The van der Waals surface area contributed by atoms with Gasteiger partial charge in [0.2, 0.25) is 5.91 Å². The van der Waals surface area contributed by atoms with E-state index in [0.29, 0.717) is 37.4 Å². The lowest BCUT2D eigenvalue weighted by atomic mass is 9.82. The van der Waals surface area contributed by atoms with Crippen molar-refractivity contribution in [3.8, 4) is 0 Å². The predicted molar refractivity (Wildman–Crippen MR) is 86.8 cm³/mol. The van der Waals surface area contributed by atoms with Gasteiger partial charge in [0.1, 0.15) is 6.61 Å². The van der Waals surface area contributed by atoms with Crippen LogP contribution < -0.4 is 10.2 Å². The number of nitrogens with one attached hydrogen (secondary N) is 1. The van der Waals surface area contributed by atoms with Gasteiger partial charge in [0.25, 0.3) is 0 Å². The maximum absolute atomic E-state index is 12.4. The summed E-state index contributed by atoms with van der Waals surface area (Å²) in [7, 11) is 0. The minimum absolute atomic E-state index is 0.305. The monoisotopic (exact) mass is 330 g/mol. The van der Waals surface area contributed by atoms with Crippen molar-refractivity contribution in [3.05, 3.63) is 36.4 Å². The number of carboxylic acid groups (broad SMARTS) is 1. The Bertz CT molecular complexity index is 683. The second-order valence-electron chi connectivity index (χ2n) is 5.80. The van der Waals surface area contributed by atoms with Crippen LogP contribution in [0.3, 0.4) is 0 Å². The number of allylic oxidation sites excluding steroid dienone is 2. The molecule has 1 aromatic rings. The number of carboxylic acids is 1. The molecule has 126 valence electrons. The Kier molecular flexibility index (Phi) is 4.50. The molecule has 1 saturated heterocycles. The summed E-state index contributed by atoms with van der Waals surface area (Å²) in [6.07, 6.45) is 4.03. The molecule has 1 aliphatic carbocycles. The van der Waals surface area contributed by atoms with Crippen molar-refractivity contribution in [3.63, 3.8) is 0 Å². The number of anilines is 2. The average Bonchev–Trinajstić information content (AvgIpc) is 3.01. The number of benzene rings is 1. The number of hydrogen-bond acceptors (Lipinski definition) is 4. The highest BCUT2D eigenvalue weighted by Crippen LogP contribution is 2.28. The SMILES string of the molecule is O=C(O)C1CC=CCC1C(=O)Nc1ccc(N2CCOC2=O)cc1. The van der Waals surface area contributed by atoms with Crippen LogP contribution in [0.15, 0.2) is 36.4 Å². The molecule has 0 bridgehead atoms. The summed E-state index contributed by atoms with van der Waals surface area (Å²) in [6.45, 7) is 0.863. The van der Waals surface area contributed by atoms with E-state index in [2.05, 4.69) is 5.32 Å². The summed E-state index contributed by atoms with van der Waals surface area (Å²) < 4.78 is 4.88. The van der Waals surface area contributed by atoms with E-state index in [0.717, 1.165) is 0 Å². The highest BCUT2D eigenvalue weighted by Gasteiger charge is 2.34. The lowest BCUT2D eigenvalue weighted by molar-refractivity contribution is -0.146. The van der Waals surface area contributed by atoms with Crippen molar-refractivity contribution in [2.75, 3.05) is 23.4 Å². The van der Waals surface area contributed by atoms with Crippen molar-refractivity contribution in [2.24, 2.45) is 11.8 Å². The number of aliphatic carboxylic acids is 1. The molecule has 1 heterocycles. The third-order valence-corrected chi connectivity index (χ3v) is 4.29. The number of amides is 2. The Hall–Kier alpha value is -2.83. The largest absolute Gasteiger partial charge is 0.481 e. The first-order valence-electron chi connectivity index (χ1n) is 7.79. The summed E-state index contributed by atoms with van der Waals surface area (Å²) in [4.78, 5) is 36.7. The molecule has 7 nitrogen and oxygen atoms in total. The van der Waals surface area contributed by atoms with Gasteiger partial charge in [-0.25, -0.2) is 4.79 Å². The Balaban J connectivity index is 1.67. The van der Waals surface area contributed by atoms with E-state index in [1.165, 1.54) is 4.90 Å². The minimum atomic E-state index is -0.956. The van der Waals surface area contributed by atoms with Crippen LogP contribution in [0, 0.1) is 11.8 Å². The lowest BCUT2D eigenvalue weighted by Gasteiger charge is -2.24. The molecule has 3 rings (SSSR count). The van der Waals surface area contributed by atoms with Crippen LogP contribution in [-0.2, 0) is 14.3 Å². The molecule has 0 saturated carbocycles. The first kappa shape index (κ1) is 16.0. The Morgan fingerprint density at radius 1 is 1.12 bits per heavy atom. The number of hydrogen-bond donors (Lipinski definition) is 2. The van der Waals surface area contributed by atoms with Crippen LogP contribution in [0.25, 0.3) is 0 Å². The molecule has 0 spiro atoms. The number of carbonyl (C=O) groups is 3. The van der Waals surface area contributed by atoms with Crippen molar-refractivity contribution >= 4 is 29.3 Å². The highest BCUT2D eigenvalue weighted by molar-refractivity contribution is 5.96. The maximum Gasteiger partial charge on any atom is 0.414 e. The molecule has 2 N–H and O–H groups in total. The van der Waals surface area contributed by atoms with Gasteiger partial charge in [0.05, 0.1) is 18.4 Å². The van der Waals surface area contributed by atoms with Gasteiger partial charge < -0.3 is 15.2 Å². The molecule has 1 aromatic carbocycles. The number of ether oxygens (including phenoxy) is 1. The molecule has 2 atom stereocenters. The first-order chi connectivity index (χ1) is 11.6. The van der Waals surface area contributed by atoms with Gasteiger partial charge in [-0.05, 0) is 37.1 Å². The molecular weight excluding hydrogens is 312 g/mol. The zero-order valence-electron chi connectivity index (χ0n) is 13.0. The van der Waals surface area contributed by atoms with E-state index < -0.39 is 17.8 Å². The topological polar surface area (TPSA) is 95.9 Å². The number of carbonyl (C=O) groups excluding carboxylic acids is 2.